The van der Waals surface area contributed by atoms with Gasteiger partial charge in [-0.2, -0.15) is 0 Å². The van der Waals surface area contributed by atoms with E-state index in [0.29, 0.717) is 0 Å². The molecule has 0 bridgehead atoms. The zero-order chi connectivity index (χ0) is 10.3. The summed E-state index contributed by atoms with van der Waals surface area (Å²) in [7, 11) is 0. The minimum Gasteiger partial charge on any atom is -0.316 e. The Morgan fingerprint density at radius 2 is 1.87 bits per heavy atom. The fraction of sp³-hybridized carbons (Fsp3) is 0.538. The van der Waals surface area contributed by atoms with Gasteiger partial charge in [-0.05, 0) is 37.4 Å². The highest BCUT2D eigenvalue weighted by atomic mass is 15.1. The first-order chi connectivity index (χ1) is 7.34. The Kier molecular flexibility index (Phi) is 2.26. The molecule has 2 nitrogen and oxygen atoms in total. The van der Waals surface area contributed by atoms with Crippen LogP contribution in [0.5, 0.6) is 0 Å². The summed E-state index contributed by atoms with van der Waals surface area (Å²) < 4.78 is 0. The maximum atomic E-state index is 3.65. The predicted octanol–water partition coefficient (Wildman–Crippen LogP) is 1.30. The molecule has 2 fully saturated rings. The minimum absolute atomic E-state index is 0.785. The summed E-state index contributed by atoms with van der Waals surface area (Å²) in [4.78, 5) is 0. The molecular formula is C13H18N2. The molecule has 2 aliphatic rings. The molecule has 2 heteroatoms. The third-order valence-electron chi connectivity index (χ3n) is 3.75. The van der Waals surface area contributed by atoms with Crippen LogP contribution in [0.3, 0.4) is 0 Å². The summed E-state index contributed by atoms with van der Waals surface area (Å²) in [6, 6.07) is 9.60. The molecule has 15 heavy (non-hydrogen) atoms. The van der Waals surface area contributed by atoms with Crippen LogP contribution in [0.25, 0.3) is 0 Å². The highest BCUT2D eigenvalue weighted by molar-refractivity contribution is 5.21. The molecule has 1 aliphatic carbocycles. The maximum Gasteiger partial charge on any atom is 0.0208 e. The molecule has 1 saturated carbocycles. The van der Waals surface area contributed by atoms with E-state index in [1.165, 1.54) is 24.2 Å². The van der Waals surface area contributed by atoms with Gasteiger partial charge in [0, 0.05) is 12.6 Å². The second-order valence-corrected chi connectivity index (χ2v) is 4.88. The summed E-state index contributed by atoms with van der Waals surface area (Å²) >= 11 is 0. The lowest BCUT2D eigenvalue weighted by Gasteiger charge is -2.07. The number of benzene rings is 1. The van der Waals surface area contributed by atoms with Gasteiger partial charge in [0.25, 0.3) is 0 Å². The smallest absolute Gasteiger partial charge is 0.0208 e. The van der Waals surface area contributed by atoms with Crippen molar-refractivity contribution in [3.63, 3.8) is 0 Å². The number of nitrogens with one attached hydrogen (secondary N) is 2. The van der Waals surface area contributed by atoms with Gasteiger partial charge in [-0.3, -0.25) is 0 Å². The normalized spacial score (nSPS) is 32.7. The molecule has 1 aromatic rings. The van der Waals surface area contributed by atoms with Crippen molar-refractivity contribution in [2.45, 2.75) is 19.5 Å². The van der Waals surface area contributed by atoms with E-state index in [-0.39, 0.29) is 0 Å². The van der Waals surface area contributed by atoms with Crippen molar-refractivity contribution in [2.24, 2.45) is 11.8 Å². The minimum atomic E-state index is 0.785. The topological polar surface area (TPSA) is 24.1 Å². The Labute approximate surface area is 91.1 Å². The van der Waals surface area contributed by atoms with Gasteiger partial charge in [-0.1, -0.05) is 29.8 Å². The monoisotopic (exact) mass is 202 g/mol. The molecule has 0 radical (unpaired) electrons. The highest BCUT2D eigenvalue weighted by Crippen LogP contribution is 2.41. The van der Waals surface area contributed by atoms with E-state index >= 15 is 0 Å². The molecule has 3 rings (SSSR count). The van der Waals surface area contributed by atoms with E-state index in [4.69, 9.17) is 0 Å². The fourth-order valence-corrected chi connectivity index (χ4v) is 2.66. The van der Waals surface area contributed by atoms with Crippen molar-refractivity contribution in [2.75, 3.05) is 13.1 Å². The van der Waals surface area contributed by atoms with Crippen molar-refractivity contribution in [1.29, 1.82) is 0 Å². The van der Waals surface area contributed by atoms with Crippen LogP contribution in [0, 0.1) is 18.8 Å². The average molecular weight is 202 g/mol. The first-order valence-electron chi connectivity index (χ1n) is 5.84. The summed E-state index contributed by atoms with van der Waals surface area (Å²) in [5.74, 6) is 1.82. The molecule has 1 saturated heterocycles. The zero-order valence-corrected chi connectivity index (χ0v) is 9.16. The molecule has 0 amide bonds. The lowest BCUT2D eigenvalue weighted by atomic mass is 10.1. The second kappa shape index (κ2) is 3.62. The number of aryl methyl sites for hydroxylation is 1. The van der Waals surface area contributed by atoms with E-state index in [2.05, 4.69) is 41.8 Å². The van der Waals surface area contributed by atoms with E-state index < -0.39 is 0 Å². The van der Waals surface area contributed by atoms with E-state index in [1.807, 2.05) is 0 Å². The van der Waals surface area contributed by atoms with Crippen LogP contribution in [0.1, 0.15) is 11.1 Å². The molecule has 80 valence electrons. The lowest BCUT2D eigenvalue weighted by Crippen LogP contribution is -2.27. The van der Waals surface area contributed by atoms with E-state index in [1.54, 1.807) is 0 Å². The van der Waals surface area contributed by atoms with Gasteiger partial charge in [0.2, 0.25) is 0 Å². The highest BCUT2D eigenvalue weighted by Gasteiger charge is 2.52. The van der Waals surface area contributed by atoms with Crippen LogP contribution in [0.4, 0.5) is 0 Å². The lowest BCUT2D eigenvalue weighted by molar-refractivity contribution is 0.566. The molecule has 0 spiro atoms. The van der Waals surface area contributed by atoms with Crippen molar-refractivity contribution in [1.82, 2.24) is 10.6 Å². The fourth-order valence-electron chi connectivity index (χ4n) is 2.66. The van der Waals surface area contributed by atoms with Crippen LogP contribution in [-0.4, -0.2) is 19.1 Å². The number of fused-ring (bicyclic) bond motifs is 1. The first-order valence-corrected chi connectivity index (χ1v) is 5.84. The Bertz CT molecular complexity index is 334. The van der Waals surface area contributed by atoms with Gasteiger partial charge < -0.3 is 10.6 Å². The van der Waals surface area contributed by atoms with E-state index in [0.717, 1.165) is 24.4 Å². The van der Waals surface area contributed by atoms with Crippen LogP contribution in [-0.2, 0) is 6.54 Å². The Hall–Kier alpha value is -0.860. The molecule has 2 N–H and O–H groups in total. The third-order valence-corrected chi connectivity index (χ3v) is 3.75. The molecule has 3 atom stereocenters. The number of hydrogen-bond donors (Lipinski definition) is 2. The van der Waals surface area contributed by atoms with Gasteiger partial charge in [0.1, 0.15) is 0 Å². The molecule has 1 aliphatic heterocycles. The van der Waals surface area contributed by atoms with Crippen LogP contribution < -0.4 is 10.6 Å². The van der Waals surface area contributed by atoms with Gasteiger partial charge in [-0.25, -0.2) is 0 Å². The Morgan fingerprint density at radius 1 is 1.20 bits per heavy atom. The molecule has 1 unspecified atom stereocenters. The Balaban J connectivity index is 1.52. The average Bonchev–Trinajstić information content (AvgIpc) is 2.71. The largest absolute Gasteiger partial charge is 0.316 e. The van der Waals surface area contributed by atoms with Gasteiger partial charge in [0.15, 0.2) is 0 Å². The van der Waals surface area contributed by atoms with Crippen molar-refractivity contribution >= 4 is 0 Å². The summed E-state index contributed by atoms with van der Waals surface area (Å²) in [5, 5.41) is 7.07. The summed E-state index contributed by atoms with van der Waals surface area (Å²) in [6.07, 6.45) is 0. The van der Waals surface area contributed by atoms with Crippen molar-refractivity contribution in [3.8, 4) is 0 Å². The van der Waals surface area contributed by atoms with Crippen LogP contribution in [0.2, 0.25) is 0 Å². The number of rotatable bonds is 3. The molecule has 1 aromatic carbocycles. The van der Waals surface area contributed by atoms with Gasteiger partial charge >= 0.3 is 0 Å². The van der Waals surface area contributed by atoms with Gasteiger partial charge in [-0.15, -0.1) is 0 Å². The second-order valence-electron chi connectivity index (χ2n) is 4.88. The molecular weight excluding hydrogens is 184 g/mol. The Morgan fingerprint density at radius 3 is 2.53 bits per heavy atom. The maximum absolute atomic E-state index is 3.65. The number of piperidine rings is 1. The third kappa shape index (κ3) is 1.80. The SMILES string of the molecule is Cc1ccc(CNC2[C@H]3CNC[C@@H]23)cc1. The molecule has 0 aromatic heterocycles. The number of hydrogen-bond acceptors (Lipinski definition) is 2. The summed E-state index contributed by atoms with van der Waals surface area (Å²) in [6.45, 7) is 5.60. The zero-order valence-electron chi connectivity index (χ0n) is 9.16. The first kappa shape index (κ1) is 9.37. The molecule has 1 heterocycles. The predicted molar refractivity (Wildman–Crippen MR) is 61.7 cm³/mol. The van der Waals surface area contributed by atoms with Crippen LogP contribution in [0.15, 0.2) is 24.3 Å². The quantitative estimate of drug-likeness (QED) is 0.772. The summed E-state index contributed by atoms with van der Waals surface area (Å²) in [5.41, 5.74) is 2.74. The van der Waals surface area contributed by atoms with Crippen LogP contribution >= 0.6 is 0 Å². The van der Waals surface area contributed by atoms with Crippen molar-refractivity contribution < 1.29 is 0 Å². The van der Waals surface area contributed by atoms with Gasteiger partial charge in [0.05, 0.1) is 0 Å². The van der Waals surface area contributed by atoms with Crippen molar-refractivity contribution in [3.05, 3.63) is 35.4 Å². The van der Waals surface area contributed by atoms with E-state index in [9.17, 15) is 0 Å². The standard InChI is InChI=1S/C13H18N2/c1-9-2-4-10(5-3-9)6-15-13-11-7-14-8-12(11)13/h2-5,11-15H,6-8H2,1H3/t11-,12+,13?.